The number of allylic oxidation sites excluding steroid dienone is 4. The molecule has 2 heteroatoms. The molecule has 0 N–H and O–H groups in total. The molecule has 1 atom stereocenters. The van der Waals surface area contributed by atoms with Crippen molar-refractivity contribution in [3.8, 4) is 33.4 Å². The fourth-order valence-electron chi connectivity index (χ4n) is 9.43. The van der Waals surface area contributed by atoms with Crippen LogP contribution in [0.15, 0.2) is 224 Å². The van der Waals surface area contributed by atoms with Crippen molar-refractivity contribution in [3.05, 3.63) is 241 Å². The van der Waals surface area contributed by atoms with Gasteiger partial charge in [-0.15, -0.1) is 0 Å². The molecule has 0 saturated carbocycles. The Labute approximate surface area is 355 Å². The third kappa shape index (κ3) is 6.74. The minimum absolute atomic E-state index is 0.0884. The molecule has 0 spiro atoms. The summed E-state index contributed by atoms with van der Waals surface area (Å²) in [4.78, 5) is 4.85. The van der Waals surface area contributed by atoms with Gasteiger partial charge in [-0.1, -0.05) is 179 Å². The number of rotatable bonds is 9. The average molecular weight is 773 g/mol. The minimum atomic E-state index is -0.0884. The summed E-state index contributed by atoms with van der Waals surface area (Å²) >= 11 is 0. The van der Waals surface area contributed by atoms with Gasteiger partial charge in [0.05, 0.1) is 5.69 Å². The molecule has 2 aliphatic carbocycles. The van der Waals surface area contributed by atoms with Gasteiger partial charge >= 0.3 is 0 Å². The Morgan fingerprint density at radius 3 is 1.58 bits per heavy atom. The van der Waals surface area contributed by atoms with Gasteiger partial charge in [-0.3, -0.25) is 0 Å². The van der Waals surface area contributed by atoms with Crippen LogP contribution in [0.2, 0.25) is 0 Å². The second kappa shape index (κ2) is 15.5. The van der Waals surface area contributed by atoms with Crippen molar-refractivity contribution < 1.29 is 0 Å². The second-order valence-electron chi connectivity index (χ2n) is 16.6. The van der Waals surface area contributed by atoms with Gasteiger partial charge in [0.25, 0.3) is 0 Å². The van der Waals surface area contributed by atoms with Crippen LogP contribution in [0.4, 0.5) is 28.4 Å². The molecular formula is C58H48N2. The number of nitrogens with zero attached hydrogens (tertiary/aromatic N) is 2. The molecule has 0 bridgehead atoms. The van der Waals surface area contributed by atoms with Crippen LogP contribution in [0, 0.1) is 5.92 Å². The highest BCUT2D eigenvalue weighted by molar-refractivity contribution is 5.91. The first-order chi connectivity index (χ1) is 29.4. The van der Waals surface area contributed by atoms with Gasteiger partial charge in [0.1, 0.15) is 0 Å². The second-order valence-corrected chi connectivity index (χ2v) is 16.6. The third-order valence-electron chi connectivity index (χ3n) is 12.5. The van der Waals surface area contributed by atoms with E-state index in [0.29, 0.717) is 5.92 Å². The topological polar surface area (TPSA) is 6.48 Å². The smallest absolute Gasteiger partial charge is 0.0540 e. The van der Waals surface area contributed by atoms with E-state index in [4.69, 9.17) is 0 Å². The molecule has 60 heavy (non-hydrogen) atoms. The van der Waals surface area contributed by atoms with Crippen molar-refractivity contribution in [2.75, 3.05) is 9.80 Å². The summed E-state index contributed by atoms with van der Waals surface area (Å²) in [6.07, 6.45) is 5.61. The highest BCUT2D eigenvalue weighted by Gasteiger charge is 2.36. The number of fused-ring (bicyclic) bond motifs is 3. The van der Waals surface area contributed by atoms with Gasteiger partial charge in [-0.05, 0) is 117 Å². The van der Waals surface area contributed by atoms with Crippen molar-refractivity contribution in [2.45, 2.75) is 32.6 Å². The largest absolute Gasteiger partial charge is 0.314 e. The Bertz CT molecular complexity index is 2850. The molecule has 0 heterocycles. The van der Waals surface area contributed by atoms with Crippen molar-refractivity contribution in [1.82, 2.24) is 0 Å². The monoisotopic (exact) mass is 772 g/mol. The van der Waals surface area contributed by atoms with Crippen LogP contribution < -0.4 is 9.80 Å². The van der Waals surface area contributed by atoms with E-state index in [9.17, 15) is 0 Å². The number of anilines is 5. The first-order valence-electron chi connectivity index (χ1n) is 21.1. The highest BCUT2D eigenvalue weighted by atomic mass is 15.2. The molecule has 1 unspecified atom stereocenters. The van der Waals surface area contributed by atoms with E-state index >= 15 is 0 Å². The molecule has 8 aromatic rings. The Hall–Kier alpha value is -7.16. The molecule has 10 rings (SSSR count). The summed E-state index contributed by atoms with van der Waals surface area (Å²) in [5.74, 6) is 0.309. The SMILES string of the molecule is CC1CC(c2ccc(-c3ccccc3N(c3ccccc3)c3ccc4c(c3)C(C)(C)c3ccccc3-4)cc2)=CC=C1N(c1ccccc1)c1ccc(-c2ccccc2)cc1. The van der Waals surface area contributed by atoms with Crippen LogP contribution in [0.1, 0.15) is 43.9 Å². The minimum Gasteiger partial charge on any atom is -0.314 e. The van der Waals surface area contributed by atoms with E-state index in [0.717, 1.165) is 29.2 Å². The molecule has 0 saturated heterocycles. The molecule has 290 valence electrons. The summed E-state index contributed by atoms with van der Waals surface area (Å²) in [6, 6.07) is 75.1. The standard InChI is InChI=1S/C58H48N2/c1-41-39-46(33-38-56(41)59(47-19-9-5-10-20-47)49-34-31-43(32-35-49)42-17-7-4-8-18-42)44-27-29-45(30-28-44)51-23-14-16-26-57(51)60(48-21-11-6-12-22-48)50-36-37-53-52-24-13-15-25-54(52)58(2,3)55(53)40-50/h4-38,40-41H,39H2,1-3H3. The van der Waals surface area contributed by atoms with Crippen molar-refractivity contribution in [2.24, 2.45) is 5.92 Å². The van der Waals surface area contributed by atoms with E-state index < -0.39 is 0 Å². The van der Waals surface area contributed by atoms with Crippen LogP contribution in [-0.2, 0) is 5.41 Å². The van der Waals surface area contributed by atoms with E-state index in [2.05, 4.69) is 249 Å². The number of para-hydroxylation sites is 3. The van der Waals surface area contributed by atoms with E-state index in [-0.39, 0.29) is 5.41 Å². The maximum Gasteiger partial charge on any atom is 0.0540 e. The fraction of sp³-hybridized carbons (Fsp3) is 0.103. The van der Waals surface area contributed by atoms with Crippen molar-refractivity contribution in [3.63, 3.8) is 0 Å². The number of hydrogen-bond donors (Lipinski definition) is 0. The first-order valence-corrected chi connectivity index (χ1v) is 21.1. The summed E-state index contributed by atoms with van der Waals surface area (Å²) in [5, 5.41) is 0. The number of hydrogen-bond acceptors (Lipinski definition) is 2. The third-order valence-corrected chi connectivity index (χ3v) is 12.5. The molecule has 2 aliphatic rings. The lowest BCUT2D eigenvalue weighted by Gasteiger charge is -2.34. The van der Waals surface area contributed by atoms with Gasteiger partial charge in [-0.2, -0.15) is 0 Å². The normalized spacial score (nSPS) is 15.0. The van der Waals surface area contributed by atoms with Crippen LogP contribution in [0.5, 0.6) is 0 Å². The molecular weight excluding hydrogens is 725 g/mol. The quantitative estimate of drug-likeness (QED) is 0.144. The Morgan fingerprint density at radius 2 is 0.900 bits per heavy atom. The summed E-state index contributed by atoms with van der Waals surface area (Å²) in [6.45, 7) is 7.06. The Morgan fingerprint density at radius 1 is 0.400 bits per heavy atom. The lowest BCUT2D eigenvalue weighted by atomic mass is 9.82. The summed E-state index contributed by atoms with van der Waals surface area (Å²) in [5.41, 5.74) is 19.9. The molecule has 8 aromatic carbocycles. The zero-order valence-electron chi connectivity index (χ0n) is 34.5. The van der Waals surface area contributed by atoms with Crippen LogP contribution in [0.3, 0.4) is 0 Å². The first kappa shape index (κ1) is 37.1. The van der Waals surface area contributed by atoms with E-state index in [1.165, 1.54) is 67.0 Å². The zero-order chi connectivity index (χ0) is 40.6. The van der Waals surface area contributed by atoms with Gasteiger partial charge in [0, 0.05) is 45.3 Å². The van der Waals surface area contributed by atoms with E-state index in [1.54, 1.807) is 0 Å². The molecule has 2 nitrogen and oxygen atoms in total. The van der Waals surface area contributed by atoms with Gasteiger partial charge in [-0.25, -0.2) is 0 Å². The predicted octanol–water partition coefficient (Wildman–Crippen LogP) is 15.9. The van der Waals surface area contributed by atoms with Crippen LogP contribution in [0.25, 0.3) is 39.0 Å². The lowest BCUT2D eigenvalue weighted by Crippen LogP contribution is -2.23. The van der Waals surface area contributed by atoms with Crippen molar-refractivity contribution >= 4 is 34.0 Å². The summed E-state index contributed by atoms with van der Waals surface area (Å²) in [7, 11) is 0. The molecule has 0 fully saturated rings. The molecule has 0 radical (unpaired) electrons. The maximum atomic E-state index is 2.42. The Kier molecular flexibility index (Phi) is 9.62. The molecule has 0 aromatic heterocycles. The Balaban J connectivity index is 0.976. The van der Waals surface area contributed by atoms with Gasteiger partial charge in [0.15, 0.2) is 0 Å². The van der Waals surface area contributed by atoms with Gasteiger partial charge < -0.3 is 9.80 Å². The fourth-order valence-corrected chi connectivity index (χ4v) is 9.43. The zero-order valence-corrected chi connectivity index (χ0v) is 34.5. The maximum absolute atomic E-state index is 2.42. The molecule has 0 aliphatic heterocycles. The van der Waals surface area contributed by atoms with Crippen molar-refractivity contribution in [1.29, 1.82) is 0 Å². The highest BCUT2D eigenvalue weighted by Crippen LogP contribution is 2.51. The van der Waals surface area contributed by atoms with Crippen LogP contribution in [-0.4, -0.2) is 0 Å². The average Bonchev–Trinajstić information content (AvgIpc) is 3.54. The predicted molar refractivity (Wildman–Crippen MR) is 254 cm³/mol. The van der Waals surface area contributed by atoms with Gasteiger partial charge in [0.2, 0.25) is 0 Å². The van der Waals surface area contributed by atoms with E-state index in [1.807, 2.05) is 0 Å². The number of benzene rings is 8. The molecule has 0 amide bonds. The lowest BCUT2D eigenvalue weighted by molar-refractivity contribution is 0.660. The summed E-state index contributed by atoms with van der Waals surface area (Å²) < 4.78 is 0. The van der Waals surface area contributed by atoms with Crippen LogP contribution >= 0.6 is 0 Å².